The van der Waals surface area contributed by atoms with E-state index in [4.69, 9.17) is 0 Å². The van der Waals surface area contributed by atoms with Crippen molar-refractivity contribution in [1.82, 2.24) is 15.5 Å². The van der Waals surface area contributed by atoms with Crippen LogP contribution in [0.25, 0.3) is 0 Å². The van der Waals surface area contributed by atoms with Crippen molar-refractivity contribution in [3.05, 3.63) is 5.01 Å². The molecule has 5 nitrogen and oxygen atoms in total. The average molecular weight is 308 g/mol. The van der Waals surface area contributed by atoms with Crippen molar-refractivity contribution < 1.29 is 4.79 Å². The molecular formula is C15H24N4OS. The highest BCUT2D eigenvalue weighted by Gasteiger charge is 2.38. The van der Waals surface area contributed by atoms with Crippen LogP contribution in [0.15, 0.2) is 0 Å². The molecule has 3 atom stereocenters. The molecule has 116 valence electrons. The summed E-state index contributed by atoms with van der Waals surface area (Å²) in [7, 11) is 0. The van der Waals surface area contributed by atoms with Gasteiger partial charge in [-0.2, -0.15) is 0 Å². The molecule has 1 aliphatic heterocycles. The van der Waals surface area contributed by atoms with Gasteiger partial charge >= 0.3 is 0 Å². The van der Waals surface area contributed by atoms with Crippen LogP contribution in [-0.2, 0) is 11.2 Å². The minimum atomic E-state index is -0.0545. The molecule has 2 N–H and O–H groups in total. The van der Waals surface area contributed by atoms with Crippen molar-refractivity contribution in [2.75, 3.05) is 5.32 Å². The number of fused-ring (bicyclic) bond motifs is 1. The van der Waals surface area contributed by atoms with E-state index in [0.29, 0.717) is 17.1 Å². The molecule has 0 bridgehead atoms. The predicted octanol–water partition coefficient (Wildman–Crippen LogP) is 2.74. The Hall–Kier alpha value is -1.01. The summed E-state index contributed by atoms with van der Waals surface area (Å²) in [5, 5.41) is 16.3. The Labute approximate surface area is 129 Å². The lowest BCUT2D eigenvalue weighted by atomic mass is 9.85. The highest BCUT2D eigenvalue weighted by Crippen LogP contribution is 2.33. The topological polar surface area (TPSA) is 66.9 Å². The molecule has 0 spiro atoms. The van der Waals surface area contributed by atoms with E-state index in [1.165, 1.54) is 37.0 Å². The van der Waals surface area contributed by atoms with E-state index in [9.17, 15) is 4.79 Å². The first kappa shape index (κ1) is 14.9. The third-order valence-corrected chi connectivity index (χ3v) is 5.52. The quantitative estimate of drug-likeness (QED) is 0.877. The second-order valence-electron chi connectivity index (χ2n) is 6.20. The van der Waals surface area contributed by atoms with Crippen molar-refractivity contribution in [2.24, 2.45) is 5.92 Å². The van der Waals surface area contributed by atoms with E-state index >= 15 is 0 Å². The Bertz CT molecular complexity index is 476. The Morgan fingerprint density at radius 2 is 2.24 bits per heavy atom. The minimum absolute atomic E-state index is 0.0545. The van der Waals surface area contributed by atoms with Crippen LogP contribution in [0.4, 0.5) is 5.13 Å². The minimum Gasteiger partial charge on any atom is -0.303 e. The zero-order chi connectivity index (χ0) is 14.7. The monoisotopic (exact) mass is 308 g/mol. The van der Waals surface area contributed by atoms with E-state index in [1.807, 2.05) is 0 Å². The number of carbonyl (C=O) groups excluding carboxylic acids is 1. The van der Waals surface area contributed by atoms with E-state index < -0.39 is 0 Å². The number of carbonyl (C=O) groups is 1. The van der Waals surface area contributed by atoms with E-state index in [2.05, 4.69) is 27.8 Å². The molecule has 3 rings (SSSR count). The van der Waals surface area contributed by atoms with Crippen LogP contribution < -0.4 is 10.6 Å². The van der Waals surface area contributed by atoms with Crippen LogP contribution in [0.5, 0.6) is 0 Å². The van der Waals surface area contributed by atoms with E-state index in [1.54, 1.807) is 0 Å². The van der Waals surface area contributed by atoms with Gasteiger partial charge in [0.1, 0.15) is 5.01 Å². The maximum atomic E-state index is 12.3. The number of hydrogen-bond acceptors (Lipinski definition) is 5. The normalized spacial score (nSPS) is 28.3. The molecular weight excluding hydrogens is 284 g/mol. The van der Waals surface area contributed by atoms with Crippen LogP contribution in [0.1, 0.15) is 56.9 Å². The molecule has 1 saturated carbocycles. The average Bonchev–Trinajstić information content (AvgIpc) is 3.11. The number of hydrogen-bond donors (Lipinski definition) is 2. The first-order valence-electron chi connectivity index (χ1n) is 8.15. The Kier molecular flexibility index (Phi) is 4.85. The smallest absolute Gasteiger partial charge is 0.243 e. The van der Waals surface area contributed by atoms with Crippen LogP contribution in [-0.4, -0.2) is 28.2 Å². The zero-order valence-electron chi connectivity index (χ0n) is 12.6. The van der Waals surface area contributed by atoms with Crippen molar-refractivity contribution in [3.8, 4) is 0 Å². The molecule has 1 saturated heterocycles. The molecule has 2 aliphatic rings. The van der Waals surface area contributed by atoms with Gasteiger partial charge in [0.05, 0.1) is 6.04 Å². The van der Waals surface area contributed by atoms with E-state index in [0.717, 1.165) is 30.7 Å². The number of nitrogens with one attached hydrogen (secondary N) is 2. The molecule has 21 heavy (non-hydrogen) atoms. The molecule has 6 heteroatoms. The van der Waals surface area contributed by atoms with E-state index in [-0.39, 0.29) is 11.9 Å². The molecule has 1 amide bonds. The molecule has 0 radical (unpaired) electrons. The second kappa shape index (κ2) is 6.83. The second-order valence-corrected chi connectivity index (χ2v) is 7.26. The van der Waals surface area contributed by atoms with Gasteiger partial charge in [0.15, 0.2) is 0 Å². The summed E-state index contributed by atoms with van der Waals surface area (Å²) in [5.74, 6) is 0.742. The molecule has 2 heterocycles. The predicted molar refractivity (Wildman–Crippen MR) is 84.4 cm³/mol. The number of aryl methyl sites for hydroxylation is 1. The van der Waals surface area contributed by atoms with Crippen molar-refractivity contribution in [3.63, 3.8) is 0 Å². The van der Waals surface area contributed by atoms with Crippen molar-refractivity contribution in [1.29, 1.82) is 0 Å². The van der Waals surface area contributed by atoms with Crippen molar-refractivity contribution in [2.45, 2.75) is 70.4 Å². The van der Waals surface area contributed by atoms with Gasteiger partial charge in [-0.3, -0.25) is 10.1 Å². The summed E-state index contributed by atoms with van der Waals surface area (Å²) in [5.41, 5.74) is 0. The molecule has 3 unspecified atom stereocenters. The molecule has 1 aromatic rings. The zero-order valence-corrected chi connectivity index (χ0v) is 13.4. The number of aromatic nitrogens is 2. The Balaban J connectivity index is 1.53. The largest absolute Gasteiger partial charge is 0.303 e. The number of amides is 1. The summed E-state index contributed by atoms with van der Waals surface area (Å²) in [6, 6.07) is 0.491. The molecule has 0 aromatic carbocycles. The number of nitrogens with zero attached hydrogens (tertiary/aromatic N) is 2. The first-order valence-corrected chi connectivity index (χ1v) is 8.97. The van der Waals surface area contributed by atoms with Gasteiger partial charge in [-0.25, -0.2) is 0 Å². The highest BCUT2D eigenvalue weighted by atomic mass is 32.1. The molecule has 2 fully saturated rings. The molecule has 1 aliphatic carbocycles. The summed E-state index contributed by atoms with van der Waals surface area (Å²) in [6.45, 7) is 2.16. The van der Waals surface area contributed by atoms with Gasteiger partial charge in [-0.15, -0.1) is 10.2 Å². The standard InChI is InChI=1S/C15H24N4OS/c1-2-3-8-13-18-19-15(21-13)17-14(20)12-9-10-6-4-5-7-11(10)16-12/h10-12,16H,2-9H2,1H3,(H,17,19,20). The van der Waals surface area contributed by atoms with Gasteiger partial charge in [-0.05, 0) is 31.6 Å². The summed E-state index contributed by atoms with van der Waals surface area (Å²) >= 11 is 1.50. The summed E-state index contributed by atoms with van der Waals surface area (Å²) in [6.07, 6.45) is 9.28. The maximum Gasteiger partial charge on any atom is 0.243 e. The van der Waals surface area contributed by atoms with Crippen LogP contribution >= 0.6 is 11.3 Å². The first-order chi connectivity index (χ1) is 10.3. The lowest BCUT2D eigenvalue weighted by Crippen LogP contribution is -2.39. The maximum absolute atomic E-state index is 12.3. The lowest BCUT2D eigenvalue weighted by Gasteiger charge is -2.24. The highest BCUT2D eigenvalue weighted by molar-refractivity contribution is 7.15. The van der Waals surface area contributed by atoms with Gasteiger partial charge in [0, 0.05) is 12.5 Å². The summed E-state index contributed by atoms with van der Waals surface area (Å²) in [4.78, 5) is 12.3. The molecule has 1 aromatic heterocycles. The van der Waals surface area contributed by atoms with Gasteiger partial charge < -0.3 is 5.32 Å². The lowest BCUT2D eigenvalue weighted by molar-refractivity contribution is -0.117. The third kappa shape index (κ3) is 3.61. The number of unbranched alkanes of at least 4 members (excludes halogenated alkanes) is 1. The SMILES string of the molecule is CCCCc1nnc(NC(=O)C2CC3CCCCC3N2)s1. The summed E-state index contributed by atoms with van der Waals surface area (Å²) < 4.78 is 0. The fraction of sp³-hybridized carbons (Fsp3) is 0.800. The van der Waals surface area contributed by atoms with Gasteiger partial charge in [0.25, 0.3) is 0 Å². The van der Waals surface area contributed by atoms with Crippen LogP contribution in [0.3, 0.4) is 0 Å². The van der Waals surface area contributed by atoms with Crippen molar-refractivity contribution >= 4 is 22.4 Å². The van der Waals surface area contributed by atoms with Crippen LogP contribution in [0.2, 0.25) is 0 Å². The Morgan fingerprint density at radius 3 is 3.05 bits per heavy atom. The van der Waals surface area contributed by atoms with Gasteiger partial charge in [0.2, 0.25) is 11.0 Å². The van der Waals surface area contributed by atoms with Crippen LogP contribution in [0, 0.1) is 5.92 Å². The number of anilines is 1. The third-order valence-electron chi connectivity index (χ3n) is 4.62. The van der Waals surface area contributed by atoms with Gasteiger partial charge in [-0.1, -0.05) is 37.5 Å². The number of rotatable bonds is 5. The fourth-order valence-electron chi connectivity index (χ4n) is 3.45. The fourth-order valence-corrected chi connectivity index (χ4v) is 4.23. The Morgan fingerprint density at radius 1 is 1.38 bits per heavy atom.